The number of aromatic nitrogens is 5. The summed E-state index contributed by atoms with van der Waals surface area (Å²) in [4.78, 5) is 32.2. The molecular formula is C23H23FN8O. The van der Waals surface area contributed by atoms with Crippen LogP contribution in [0, 0.1) is 5.82 Å². The van der Waals surface area contributed by atoms with Crippen LogP contribution in [-0.2, 0) is 0 Å². The van der Waals surface area contributed by atoms with E-state index in [4.69, 9.17) is 0 Å². The van der Waals surface area contributed by atoms with Crippen LogP contribution < -0.4 is 16.0 Å². The Bertz CT molecular complexity index is 1260. The SMILES string of the molecule is O=C(Nc1ccccc1)N[C@H]1CCC[C@@H](Nc2nc(-c3c[nH]c4ncncc34)ncc2F)C1. The third-order valence-electron chi connectivity index (χ3n) is 5.72. The third kappa shape index (κ3) is 4.74. The molecule has 33 heavy (non-hydrogen) atoms. The highest BCUT2D eigenvalue weighted by molar-refractivity contribution is 5.91. The Labute approximate surface area is 189 Å². The number of carbonyl (C=O) groups excluding carboxylic acids is 1. The standard InChI is InChI=1S/C23H23FN8O/c24-19-12-27-21(18-11-26-20-17(18)10-25-13-28-20)32-22(19)29-15-7-4-8-16(9-15)31-23(33)30-14-5-2-1-3-6-14/h1-3,5-6,10-13,15-16H,4,7-9H2,(H,25,26,28)(H,27,29,32)(H2,30,31,33)/t15-,16+/m1/s1. The highest BCUT2D eigenvalue weighted by Crippen LogP contribution is 2.27. The first-order chi connectivity index (χ1) is 16.2. The molecule has 0 aliphatic heterocycles. The number of nitrogens with one attached hydrogen (secondary N) is 4. The average molecular weight is 446 g/mol. The zero-order valence-electron chi connectivity index (χ0n) is 17.8. The minimum Gasteiger partial charge on any atom is -0.365 e. The van der Waals surface area contributed by atoms with E-state index in [2.05, 4.69) is 40.9 Å². The first-order valence-corrected chi connectivity index (χ1v) is 10.8. The second-order valence-electron chi connectivity index (χ2n) is 8.05. The van der Waals surface area contributed by atoms with Gasteiger partial charge < -0.3 is 20.9 Å². The number of urea groups is 1. The minimum absolute atomic E-state index is 0.0184. The summed E-state index contributed by atoms with van der Waals surface area (Å²) in [5.74, 6) is 0.00463. The van der Waals surface area contributed by atoms with Gasteiger partial charge in [-0.15, -0.1) is 0 Å². The summed E-state index contributed by atoms with van der Waals surface area (Å²) in [6, 6.07) is 9.00. The number of para-hydroxylation sites is 1. The molecule has 0 unspecified atom stereocenters. The van der Waals surface area contributed by atoms with Crippen LogP contribution in [0.3, 0.4) is 0 Å². The van der Waals surface area contributed by atoms with Crippen molar-refractivity contribution in [3.63, 3.8) is 0 Å². The molecule has 3 heterocycles. The number of hydrogen-bond acceptors (Lipinski definition) is 6. The number of H-pyrrole nitrogens is 1. The first kappa shape index (κ1) is 20.8. The summed E-state index contributed by atoms with van der Waals surface area (Å²) in [6.45, 7) is 0. The Morgan fingerprint density at radius 2 is 1.94 bits per heavy atom. The molecule has 1 saturated carbocycles. The fourth-order valence-electron chi connectivity index (χ4n) is 4.16. The molecule has 1 aliphatic rings. The van der Waals surface area contributed by atoms with E-state index in [1.54, 1.807) is 12.4 Å². The average Bonchev–Trinajstić information content (AvgIpc) is 3.26. The Kier molecular flexibility index (Phi) is 5.79. The zero-order valence-corrected chi connectivity index (χ0v) is 17.8. The summed E-state index contributed by atoms with van der Waals surface area (Å²) in [5.41, 5.74) is 2.10. The van der Waals surface area contributed by atoms with Gasteiger partial charge in [-0.1, -0.05) is 18.2 Å². The molecule has 4 N–H and O–H groups in total. The maximum Gasteiger partial charge on any atom is 0.319 e. The molecule has 0 radical (unpaired) electrons. The number of benzene rings is 1. The van der Waals surface area contributed by atoms with E-state index < -0.39 is 5.82 Å². The van der Waals surface area contributed by atoms with Crippen LogP contribution in [0.2, 0.25) is 0 Å². The predicted molar refractivity (Wildman–Crippen MR) is 123 cm³/mol. The van der Waals surface area contributed by atoms with Gasteiger partial charge in [-0.2, -0.15) is 0 Å². The number of halogens is 1. The van der Waals surface area contributed by atoms with Gasteiger partial charge in [0, 0.05) is 41.1 Å². The predicted octanol–water partition coefficient (Wildman–Crippen LogP) is 4.10. The molecule has 2 atom stereocenters. The van der Waals surface area contributed by atoms with Crippen LogP contribution in [0.1, 0.15) is 25.7 Å². The van der Waals surface area contributed by atoms with Crippen molar-refractivity contribution in [2.45, 2.75) is 37.8 Å². The third-order valence-corrected chi connectivity index (χ3v) is 5.72. The number of amides is 2. The largest absolute Gasteiger partial charge is 0.365 e. The number of rotatable bonds is 5. The Balaban J connectivity index is 1.26. The number of anilines is 2. The van der Waals surface area contributed by atoms with Crippen molar-refractivity contribution >= 4 is 28.6 Å². The fourth-order valence-corrected chi connectivity index (χ4v) is 4.16. The number of fused-ring (bicyclic) bond motifs is 1. The van der Waals surface area contributed by atoms with Gasteiger partial charge in [0.1, 0.15) is 12.0 Å². The van der Waals surface area contributed by atoms with E-state index in [0.717, 1.165) is 30.3 Å². The van der Waals surface area contributed by atoms with Crippen molar-refractivity contribution in [1.82, 2.24) is 30.2 Å². The molecular weight excluding hydrogens is 423 g/mol. The molecule has 5 rings (SSSR count). The molecule has 0 spiro atoms. The van der Waals surface area contributed by atoms with Crippen LogP contribution in [0.5, 0.6) is 0 Å². The van der Waals surface area contributed by atoms with Crippen molar-refractivity contribution in [3.8, 4) is 11.4 Å². The van der Waals surface area contributed by atoms with Gasteiger partial charge in [0.15, 0.2) is 17.5 Å². The van der Waals surface area contributed by atoms with E-state index >= 15 is 0 Å². The van der Waals surface area contributed by atoms with Crippen molar-refractivity contribution in [2.24, 2.45) is 0 Å². The molecule has 0 saturated heterocycles. The molecule has 1 aliphatic carbocycles. The lowest BCUT2D eigenvalue weighted by Gasteiger charge is -2.30. The van der Waals surface area contributed by atoms with Gasteiger partial charge in [0.25, 0.3) is 0 Å². The Hall–Kier alpha value is -4.08. The van der Waals surface area contributed by atoms with Crippen LogP contribution in [0.4, 0.5) is 20.7 Å². The van der Waals surface area contributed by atoms with Gasteiger partial charge in [-0.3, -0.25) is 0 Å². The van der Waals surface area contributed by atoms with Crippen molar-refractivity contribution in [1.29, 1.82) is 0 Å². The van der Waals surface area contributed by atoms with E-state index in [1.807, 2.05) is 30.3 Å². The molecule has 0 bridgehead atoms. The highest BCUT2D eigenvalue weighted by Gasteiger charge is 2.25. The summed E-state index contributed by atoms with van der Waals surface area (Å²) < 4.78 is 14.5. The monoisotopic (exact) mass is 446 g/mol. The smallest absolute Gasteiger partial charge is 0.319 e. The Morgan fingerprint density at radius 1 is 1.09 bits per heavy atom. The lowest BCUT2D eigenvalue weighted by Crippen LogP contribution is -2.43. The van der Waals surface area contributed by atoms with E-state index in [0.29, 0.717) is 23.5 Å². The molecule has 1 aromatic carbocycles. The van der Waals surface area contributed by atoms with Gasteiger partial charge in [-0.25, -0.2) is 29.1 Å². The molecule has 9 nitrogen and oxygen atoms in total. The minimum atomic E-state index is -0.522. The maximum absolute atomic E-state index is 14.5. The summed E-state index contributed by atoms with van der Waals surface area (Å²) in [7, 11) is 0. The normalized spacial score (nSPS) is 18.1. The van der Waals surface area contributed by atoms with Crippen LogP contribution in [0.15, 0.2) is 55.2 Å². The maximum atomic E-state index is 14.5. The number of nitrogens with zero attached hydrogens (tertiary/aromatic N) is 4. The molecule has 4 aromatic rings. The van der Waals surface area contributed by atoms with E-state index in [1.165, 1.54) is 12.5 Å². The van der Waals surface area contributed by atoms with Crippen molar-refractivity contribution in [3.05, 3.63) is 61.1 Å². The van der Waals surface area contributed by atoms with Crippen molar-refractivity contribution in [2.75, 3.05) is 10.6 Å². The molecule has 168 valence electrons. The summed E-state index contributed by atoms with van der Waals surface area (Å²) >= 11 is 0. The van der Waals surface area contributed by atoms with Crippen LogP contribution >= 0.6 is 0 Å². The summed E-state index contributed by atoms with van der Waals surface area (Å²) in [6.07, 6.45) is 9.34. The number of hydrogen-bond donors (Lipinski definition) is 4. The zero-order chi connectivity index (χ0) is 22.6. The Morgan fingerprint density at radius 3 is 2.82 bits per heavy atom. The van der Waals surface area contributed by atoms with Gasteiger partial charge in [0.2, 0.25) is 0 Å². The van der Waals surface area contributed by atoms with Gasteiger partial charge >= 0.3 is 6.03 Å². The first-order valence-electron chi connectivity index (χ1n) is 10.8. The van der Waals surface area contributed by atoms with Crippen molar-refractivity contribution < 1.29 is 9.18 Å². The van der Waals surface area contributed by atoms with E-state index in [-0.39, 0.29) is 23.9 Å². The van der Waals surface area contributed by atoms with Crippen LogP contribution in [-0.4, -0.2) is 43.0 Å². The number of carbonyl (C=O) groups is 1. The second kappa shape index (κ2) is 9.19. The van der Waals surface area contributed by atoms with Crippen LogP contribution in [0.25, 0.3) is 22.4 Å². The van der Waals surface area contributed by atoms with Gasteiger partial charge in [-0.05, 0) is 37.8 Å². The summed E-state index contributed by atoms with van der Waals surface area (Å²) in [5, 5.41) is 9.83. The topological polar surface area (TPSA) is 121 Å². The number of aromatic amines is 1. The quantitative estimate of drug-likeness (QED) is 0.366. The molecule has 2 amide bonds. The lowest BCUT2D eigenvalue weighted by atomic mass is 9.91. The molecule has 3 aromatic heterocycles. The molecule has 1 fully saturated rings. The lowest BCUT2D eigenvalue weighted by molar-refractivity contribution is 0.243. The fraction of sp³-hybridized carbons (Fsp3) is 0.261. The van der Waals surface area contributed by atoms with Gasteiger partial charge in [0.05, 0.1) is 6.20 Å². The van der Waals surface area contributed by atoms with E-state index in [9.17, 15) is 9.18 Å². The second-order valence-corrected chi connectivity index (χ2v) is 8.05. The molecule has 10 heteroatoms. The highest BCUT2D eigenvalue weighted by atomic mass is 19.1.